The summed E-state index contributed by atoms with van der Waals surface area (Å²) in [6, 6.07) is 0.298. The van der Waals surface area contributed by atoms with Gasteiger partial charge < -0.3 is 15.5 Å². The Balaban J connectivity index is 2.51. The molecular formula is C12H23NO3. The van der Waals surface area contributed by atoms with Crippen molar-refractivity contribution < 1.29 is 15.0 Å². The topological polar surface area (TPSA) is 69.6 Å². The maximum Gasteiger partial charge on any atom is 0.336 e. The molecule has 1 aliphatic carbocycles. The molecule has 2 atom stereocenters. The molecule has 0 radical (unpaired) electrons. The summed E-state index contributed by atoms with van der Waals surface area (Å²) in [5.74, 6) is -1.17. The van der Waals surface area contributed by atoms with Crippen LogP contribution in [-0.2, 0) is 4.79 Å². The molecule has 1 rings (SSSR count). The molecule has 0 saturated heterocycles. The van der Waals surface area contributed by atoms with Gasteiger partial charge in [0, 0.05) is 12.6 Å². The summed E-state index contributed by atoms with van der Waals surface area (Å²) in [5, 5.41) is 21.6. The standard InChI is InChI=1S/C12H23NO3/c1-11(2)7-5-4-6-9(11)13-8-12(3,16)10(14)15/h9,13,16H,4-8H2,1-3H3,(H,14,15). The molecule has 1 aliphatic rings. The average molecular weight is 229 g/mol. The molecule has 4 nitrogen and oxygen atoms in total. The van der Waals surface area contributed by atoms with Crippen molar-refractivity contribution >= 4 is 5.97 Å². The SMILES string of the molecule is CC(O)(CNC1CCCCC1(C)C)C(=O)O. The number of carboxylic acid groups (broad SMARTS) is 1. The van der Waals surface area contributed by atoms with Crippen LogP contribution in [0.3, 0.4) is 0 Å². The zero-order valence-corrected chi connectivity index (χ0v) is 10.4. The van der Waals surface area contributed by atoms with E-state index in [1.165, 1.54) is 19.8 Å². The fourth-order valence-electron chi connectivity index (χ4n) is 2.27. The number of hydrogen-bond donors (Lipinski definition) is 3. The summed E-state index contributed by atoms with van der Waals surface area (Å²) in [7, 11) is 0. The van der Waals surface area contributed by atoms with Crippen molar-refractivity contribution in [2.45, 2.75) is 58.1 Å². The predicted molar refractivity (Wildman–Crippen MR) is 62.3 cm³/mol. The molecule has 0 aromatic carbocycles. The first kappa shape index (κ1) is 13.5. The van der Waals surface area contributed by atoms with Crippen molar-refractivity contribution in [1.29, 1.82) is 0 Å². The van der Waals surface area contributed by atoms with Crippen molar-refractivity contribution in [2.24, 2.45) is 5.41 Å². The van der Waals surface area contributed by atoms with Crippen LogP contribution in [0.4, 0.5) is 0 Å². The minimum absolute atomic E-state index is 0.108. The molecule has 0 aliphatic heterocycles. The Bertz CT molecular complexity index is 261. The molecule has 0 bridgehead atoms. The highest BCUT2D eigenvalue weighted by Crippen LogP contribution is 2.35. The second-order valence-corrected chi connectivity index (χ2v) is 5.75. The summed E-state index contributed by atoms with van der Waals surface area (Å²) >= 11 is 0. The maximum absolute atomic E-state index is 10.8. The molecule has 0 spiro atoms. The molecule has 0 aromatic rings. The van der Waals surface area contributed by atoms with Gasteiger partial charge in [-0.2, -0.15) is 0 Å². The fraction of sp³-hybridized carbons (Fsp3) is 0.917. The van der Waals surface area contributed by atoms with Gasteiger partial charge in [-0.1, -0.05) is 26.7 Å². The number of nitrogens with one attached hydrogen (secondary N) is 1. The molecule has 0 aromatic heterocycles. The average Bonchev–Trinajstić information content (AvgIpc) is 2.15. The van der Waals surface area contributed by atoms with Crippen molar-refractivity contribution in [2.75, 3.05) is 6.54 Å². The molecule has 2 unspecified atom stereocenters. The normalized spacial score (nSPS) is 28.4. The van der Waals surface area contributed by atoms with Gasteiger partial charge in [-0.3, -0.25) is 0 Å². The van der Waals surface area contributed by atoms with Crippen LogP contribution in [0.15, 0.2) is 0 Å². The van der Waals surface area contributed by atoms with Crippen LogP contribution in [0.25, 0.3) is 0 Å². The van der Waals surface area contributed by atoms with Gasteiger partial charge in [-0.15, -0.1) is 0 Å². The Morgan fingerprint density at radius 3 is 2.62 bits per heavy atom. The first-order valence-corrected chi connectivity index (χ1v) is 5.95. The molecule has 16 heavy (non-hydrogen) atoms. The van der Waals surface area contributed by atoms with Crippen LogP contribution >= 0.6 is 0 Å². The van der Waals surface area contributed by atoms with Gasteiger partial charge >= 0.3 is 5.97 Å². The van der Waals surface area contributed by atoms with Gasteiger partial charge in [0.15, 0.2) is 5.60 Å². The third-order valence-electron chi connectivity index (χ3n) is 3.66. The minimum Gasteiger partial charge on any atom is -0.479 e. The number of rotatable bonds is 4. The molecule has 0 heterocycles. The highest BCUT2D eigenvalue weighted by Gasteiger charge is 2.35. The highest BCUT2D eigenvalue weighted by atomic mass is 16.4. The zero-order chi connectivity index (χ0) is 12.4. The Hall–Kier alpha value is -0.610. The zero-order valence-electron chi connectivity index (χ0n) is 10.4. The van der Waals surface area contributed by atoms with Gasteiger partial charge in [0.25, 0.3) is 0 Å². The van der Waals surface area contributed by atoms with E-state index in [0.29, 0.717) is 6.04 Å². The van der Waals surface area contributed by atoms with Gasteiger partial charge in [0.05, 0.1) is 0 Å². The first-order chi connectivity index (χ1) is 7.26. The van der Waals surface area contributed by atoms with Gasteiger partial charge in [0.2, 0.25) is 0 Å². The van der Waals surface area contributed by atoms with Gasteiger partial charge in [-0.05, 0) is 25.2 Å². The van der Waals surface area contributed by atoms with Gasteiger partial charge in [-0.25, -0.2) is 4.79 Å². The lowest BCUT2D eigenvalue weighted by molar-refractivity contribution is -0.156. The van der Waals surface area contributed by atoms with Crippen LogP contribution in [0, 0.1) is 5.41 Å². The Morgan fingerprint density at radius 1 is 1.50 bits per heavy atom. The quantitative estimate of drug-likeness (QED) is 0.681. The highest BCUT2D eigenvalue weighted by molar-refractivity contribution is 5.76. The lowest BCUT2D eigenvalue weighted by Gasteiger charge is -2.40. The summed E-state index contributed by atoms with van der Waals surface area (Å²) in [6.45, 7) is 5.83. The summed E-state index contributed by atoms with van der Waals surface area (Å²) < 4.78 is 0. The van der Waals surface area contributed by atoms with Crippen LogP contribution in [0.2, 0.25) is 0 Å². The van der Waals surface area contributed by atoms with Crippen molar-refractivity contribution in [1.82, 2.24) is 5.32 Å². The Labute approximate surface area is 97.0 Å². The molecule has 1 saturated carbocycles. The smallest absolute Gasteiger partial charge is 0.336 e. The van der Waals surface area contributed by atoms with E-state index in [1.54, 1.807) is 0 Å². The minimum atomic E-state index is -1.67. The predicted octanol–water partition coefficient (Wildman–Crippen LogP) is 1.38. The molecule has 1 fully saturated rings. The number of aliphatic carboxylic acids is 1. The fourth-order valence-corrected chi connectivity index (χ4v) is 2.27. The Kier molecular flexibility index (Phi) is 3.97. The van der Waals surface area contributed by atoms with Crippen molar-refractivity contribution in [3.8, 4) is 0 Å². The van der Waals surface area contributed by atoms with Crippen LogP contribution in [0.1, 0.15) is 46.5 Å². The van der Waals surface area contributed by atoms with Gasteiger partial charge in [0.1, 0.15) is 0 Å². The van der Waals surface area contributed by atoms with E-state index in [1.807, 2.05) is 0 Å². The second-order valence-electron chi connectivity index (χ2n) is 5.75. The monoisotopic (exact) mass is 229 g/mol. The van der Waals surface area contributed by atoms with Crippen LogP contribution in [-0.4, -0.2) is 34.4 Å². The second kappa shape index (κ2) is 4.72. The summed E-state index contributed by atoms with van der Waals surface area (Å²) in [5.41, 5.74) is -1.49. The Morgan fingerprint density at radius 2 is 2.12 bits per heavy atom. The number of aliphatic hydroxyl groups is 1. The molecule has 94 valence electrons. The molecule has 4 heteroatoms. The number of carbonyl (C=O) groups is 1. The van der Waals surface area contributed by atoms with E-state index in [-0.39, 0.29) is 12.0 Å². The van der Waals surface area contributed by atoms with E-state index in [4.69, 9.17) is 5.11 Å². The van der Waals surface area contributed by atoms with E-state index in [9.17, 15) is 9.90 Å². The summed E-state index contributed by atoms with van der Waals surface area (Å²) in [6.07, 6.45) is 4.62. The molecule has 0 amide bonds. The van der Waals surface area contributed by atoms with Crippen molar-refractivity contribution in [3.05, 3.63) is 0 Å². The van der Waals surface area contributed by atoms with E-state index in [2.05, 4.69) is 19.2 Å². The van der Waals surface area contributed by atoms with Crippen molar-refractivity contribution in [3.63, 3.8) is 0 Å². The lowest BCUT2D eigenvalue weighted by atomic mass is 9.73. The van der Waals surface area contributed by atoms with Crippen LogP contribution < -0.4 is 5.32 Å². The molecular weight excluding hydrogens is 206 g/mol. The first-order valence-electron chi connectivity index (χ1n) is 5.95. The molecule has 3 N–H and O–H groups in total. The summed E-state index contributed by atoms with van der Waals surface area (Å²) in [4.78, 5) is 10.8. The van der Waals surface area contributed by atoms with E-state index in [0.717, 1.165) is 12.8 Å². The number of carboxylic acids is 1. The van der Waals surface area contributed by atoms with E-state index >= 15 is 0 Å². The van der Waals surface area contributed by atoms with Crippen LogP contribution in [0.5, 0.6) is 0 Å². The third kappa shape index (κ3) is 3.19. The van der Waals surface area contributed by atoms with E-state index < -0.39 is 11.6 Å². The maximum atomic E-state index is 10.8. The lowest BCUT2D eigenvalue weighted by Crippen LogP contribution is -2.52. The largest absolute Gasteiger partial charge is 0.479 e. The number of hydrogen-bond acceptors (Lipinski definition) is 3. The third-order valence-corrected chi connectivity index (χ3v) is 3.66.